The van der Waals surface area contributed by atoms with E-state index >= 15 is 0 Å². The largest absolute Gasteiger partial charge is 0.370 e. The Hall–Kier alpha value is -1.69. The molecule has 90 valence electrons. The van der Waals surface area contributed by atoms with Crippen molar-refractivity contribution in [2.24, 2.45) is 0 Å². The second-order valence-electron chi connectivity index (χ2n) is 3.55. The molecule has 0 aliphatic rings. The van der Waals surface area contributed by atoms with Gasteiger partial charge in [-0.2, -0.15) is 0 Å². The van der Waals surface area contributed by atoms with Gasteiger partial charge < -0.3 is 10.6 Å². The molecular formula is C11H15N5S. The number of anilines is 2. The summed E-state index contributed by atoms with van der Waals surface area (Å²) in [5, 5.41) is 8.46. The van der Waals surface area contributed by atoms with Gasteiger partial charge in [-0.1, -0.05) is 6.92 Å². The van der Waals surface area contributed by atoms with E-state index in [9.17, 15) is 0 Å². The van der Waals surface area contributed by atoms with Gasteiger partial charge in [-0.15, -0.1) is 11.3 Å². The molecule has 5 nitrogen and oxygen atoms in total. The van der Waals surface area contributed by atoms with Crippen LogP contribution in [0, 0.1) is 0 Å². The maximum Gasteiger partial charge on any atom is 0.131 e. The van der Waals surface area contributed by atoms with E-state index in [4.69, 9.17) is 0 Å². The van der Waals surface area contributed by atoms with Crippen LogP contribution in [-0.2, 0) is 6.54 Å². The van der Waals surface area contributed by atoms with Gasteiger partial charge in [-0.25, -0.2) is 15.0 Å². The predicted molar refractivity (Wildman–Crippen MR) is 70.3 cm³/mol. The molecule has 2 aromatic heterocycles. The van der Waals surface area contributed by atoms with E-state index in [0.29, 0.717) is 6.54 Å². The lowest BCUT2D eigenvalue weighted by Gasteiger charge is -2.06. The van der Waals surface area contributed by atoms with Crippen LogP contribution in [0.4, 0.5) is 11.6 Å². The van der Waals surface area contributed by atoms with E-state index in [-0.39, 0.29) is 0 Å². The number of nitrogens with one attached hydrogen (secondary N) is 2. The fraction of sp³-hybridized carbons (Fsp3) is 0.364. The van der Waals surface area contributed by atoms with Crippen molar-refractivity contribution in [3.8, 4) is 0 Å². The van der Waals surface area contributed by atoms with E-state index in [1.54, 1.807) is 17.7 Å². The summed E-state index contributed by atoms with van der Waals surface area (Å²) in [6.45, 7) is 3.73. The highest BCUT2D eigenvalue weighted by atomic mass is 32.1. The molecular weight excluding hydrogens is 234 g/mol. The molecule has 2 rings (SSSR count). The van der Waals surface area contributed by atoms with Gasteiger partial charge in [0, 0.05) is 18.0 Å². The van der Waals surface area contributed by atoms with Crippen molar-refractivity contribution in [2.75, 3.05) is 17.2 Å². The molecule has 0 spiro atoms. The van der Waals surface area contributed by atoms with E-state index in [1.165, 1.54) is 0 Å². The Balaban J connectivity index is 1.91. The first-order valence-electron chi connectivity index (χ1n) is 5.55. The van der Waals surface area contributed by atoms with Crippen molar-refractivity contribution in [2.45, 2.75) is 19.9 Å². The van der Waals surface area contributed by atoms with Crippen molar-refractivity contribution in [1.82, 2.24) is 15.0 Å². The molecule has 17 heavy (non-hydrogen) atoms. The average Bonchev–Trinajstić information content (AvgIpc) is 2.87. The third kappa shape index (κ3) is 3.67. The zero-order valence-corrected chi connectivity index (χ0v) is 10.5. The van der Waals surface area contributed by atoms with Crippen LogP contribution in [0.25, 0.3) is 0 Å². The van der Waals surface area contributed by atoms with Crippen LogP contribution < -0.4 is 10.6 Å². The Morgan fingerprint density at radius 3 is 2.71 bits per heavy atom. The summed E-state index contributed by atoms with van der Waals surface area (Å²) in [6.07, 6.45) is 2.63. The maximum absolute atomic E-state index is 4.20. The van der Waals surface area contributed by atoms with Gasteiger partial charge in [-0.05, 0) is 6.42 Å². The number of rotatable bonds is 6. The van der Waals surface area contributed by atoms with Crippen LogP contribution in [0.3, 0.4) is 0 Å². The first-order chi connectivity index (χ1) is 8.38. The number of hydrogen-bond acceptors (Lipinski definition) is 6. The molecule has 2 N–H and O–H groups in total. The highest BCUT2D eigenvalue weighted by Gasteiger charge is 1.99. The van der Waals surface area contributed by atoms with Crippen LogP contribution in [0.1, 0.15) is 19.0 Å². The molecule has 2 heterocycles. The van der Waals surface area contributed by atoms with Crippen molar-refractivity contribution in [3.05, 3.63) is 29.0 Å². The highest BCUT2D eigenvalue weighted by Crippen LogP contribution is 2.10. The fourth-order valence-corrected chi connectivity index (χ4v) is 1.87. The Morgan fingerprint density at radius 2 is 2.00 bits per heavy atom. The van der Waals surface area contributed by atoms with E-state index in [0.717, 1.165) is 30.3 Å². The summed E-state index contributed by atoms with van der Waals surface area (Å²) < 4.78 is 0. The van der Waals surface area contributed by atoms with Crippen molar-refractivity contribution in [1.29, 1.82) is 0 Å². The minimum Gasteiger partial charge on any atom is -0.370 e. The smallest absolute Gasteiger partial charge is 0.131 e. The summed E-state index contributed by atoms with van der Waals surface area (Å²) in [7, 11) is 0. The number of aromatic nitrogens is 3. The van der Waals surface area contributed by atoms with Gasteiger partial charge in [-0.3, -0.25) is 0 Å². The Bertz CT molecular complexity index is 443. The molecule has 6 heteroatoms. The monoisotopic (exact) mass is 249 g/mol. The quantitative estimate of drug-likeness (QED) is 0.823. The maximum atomic E-state index is 4.20. The third-order valence-corrected chi connectivity index (χ3v) is 2.79. The highest BCUT2D eigenvalue weighted by molar-refractivity contribution is 7.07. The molecule has 0 aliphatic carbocycles. The molecule has 0 amide bonds. The van der Waals surface area contributed by atoms with Crippen molar-refractivity contribution in [3.63, 3.8) is 0 Å². The normalized spacial score (nSPS) is 10.2. The minimum atomic E-state index is 0.688. The Kier molecular flexibility index (Phi) is 4.26. The van der Waals surface area contributed by atoms with Crippen LogP contribution in [-0.4, -0.2) is 21.5 Å². The topological polar surface area (TPSA) is 62.7 Å². The molecule has 0 fully saturated rings. The molecule has 0 atom stereocenters. The molecule has 0 aromatic carbocycles. The standard InChI is InChI=1S/C11H15N5S/c1-2-3-12-10-4-11(15-7-14-10)13-5-9-6-17-8-16-9/h4,6-8H,2-3,5H2,1H3,(H2,12,13,14,15). The first-order valence-corrected chi connectivity index (χ1v) is 6.49. The van der Waals surface area contributed by atoms with E-state index in [2.05, 4.69) is 32.5 Å². The Morgan fingerprint density at radius 1 is 1.18 bits per heavy atom. The molecule has 0 unspecified atom stereocenters. The van der Waals surface area contributed by atoms with E-state index < -0.39 is 0 Å². The number of thiazole rings is 1. The molecule has 2 aromatic rings. The first kappa shape index (κ1) is 11.8. The fourth-order valence-electron chi connectivity index (χ4n) is 1.31. The summed E-state index contributed by atoms with van der Waals surface area (Å²) >= 11 is 1.59. The Labute approximate surface area is 104 Å². The summed E-state index contributed by atoms with van der Waals surface area (Å²) in [4.78, 5) is 12.5. The summed E-state index contributed by atoms with van der Waals surface area (Å²) in [5.41, 5.74) is 2.85. The summed E-state index contributed by atoms with van der Waals surface area (Å²) in [5.74, 6) is 1.66. The average molecular weight is 249 g/mol. The molecule has 0 radical (unpaired) electrons. The number of hydrogen-bond donors (Lipinski definition) is 2. The minimum absolute atomic E-state index is 0.688. The van der Waals surface area contributed by atoms with Crippen LogP contribution in [0.5, 0.6) is 0 Å². The molecule has 0 saturated heterocycles. The lowest BCUT2D eigenvalue weighted by molar-refractivity contribution is 0.962. The second-order valence-corrected chi connectivity index (χ2v) is 4.27. The third-order valence-electron chi connectivity index (χ3n) is 2.16. The predicted octanol–water partition coefficient (Wildman–Crippen LogP) is 2.37. The zero-order valence-electron chi connectivity index (χ0n) is 9.68. The van der Waals surface area contributed by atoms with Crippen LogP contribution in [0.15, 0.2) is 23.3 Å². The van der Waals surface area contributed by atoms with E-state index in [1.807, 2.05) is 17.0 Å². The lowest BCUT2D eigenvalue weighted by atomic mass is 10.4. The molecule has 0 aliphatic heterocycles. The van der Waals surface area contributed by atoms with Gasteiger partial charge in [0.15, 0.2) is 0 Å². The van der Waals surface area contributed by atoms with Crippen molar-refractivity contribution >= 4 is 23.0 Å². The van der Waals surface area contributed by atoms with Gasteiger partial charge in [0.1, 0.15) is 18.0 Å². The molecule has 0 bridgehead atoms. The lowest BCUT2D eigenvalue weighted by Crippen LogP contribution is -2.05. The van der Waals surface area contributed by atoms with Gasteiger partial charge in [0.25, 0.3) is 0 Å². The summed E-state index contributed by atoms with van der Waals surface area (Å²) in [6, 6.07) is 1.90. The number of nitrogens with zero attached hydrogens (tertiary/aromatic N) is 3. The van der Waals surface area contributed by atoms with Crippen molar-refractivity contribution < 1.29 is 0 Å². The molecule has 0 saturated carbocycles. The van der Waals surface area contributed by atoms with Gasteiger partial charge >= 0.3 is 0 Å². The van der Waals surface area contributed by atoms with Gasteiger partial charge in [0.2, 0.25) is 0 Å². The van der Waals surface area contributed by atoms with Crippen LogP contribution >= 0.6 is 11.3 Å². The zero-order chi connectivity index (χ0) is 11.9. The van der Waals surface area contributed by atoms with Crippen LogP contribution in [0.2, 0.25) is 0 Å². The SMILES string of the molecule is CCCNc1cc(NCc2cscn2)ncn1. The van der Waals surface area contributed by atoms with Gasteiger partial charge in [0.05, 0.1) is 17.7 Å². The second kappa shape index (κ2) is 6.15.